The molecule has 1 aliphatic carbocycles. The molecule has 1 unspecified atom stereocenters. The average Bonchev–Trinajstić information content (AvgIpc) is 2.64. The summed E-state index contributed by atoms with van der Waals surface area (Å²) in [6.45, 7) is 0.368. The maximum absolute atomic E-state index is 12.1. The lowest BCUT2D eigenvalue weighted by Crippen LogP contribution is -2.44. The predicted octanol–water partition coefficient (Wildman–Crippen LogP) is 2.15. The van der Waals surface area contributed by atoms with Crippen molar-refractivity contribution in [2.75, 3.05) is 12.3 Å². The molecule has 0 fully saturated rings. The first-order valence-corrected chi connectivity index (χ1v) is 5.96. The summed E-state index contributed by atoms with van der Waals surface area (Å²) in [5.74, 6) is -0.589. The Morgan fingerprint density at radius 1 is 1.47 bits per heavy atom. The first kappa shape index (κ1) is 13.7. The van der Waals surface area contributed by atoms with Gasteiger partial charge in [0.25, 0.3) is 0 Å². The molecule has 1 aliphatic rings. The van der Waals surface area contributed by atoms with Crippen LogP contribution in [0, 0.1) is 0 Å². The van der Waals surface area contributed by atoms with Gasteiger partial charge in [-0.2, -0.15) is 13.2 Å². The van der Waals surface area contributed by atoms with Gasteiger partial charge in [-0.15, -0.1) is 0 Å². The molecule has 0 bridgehead atoms. The number of benzene rings is 1. The van der Waals surface area contributed by atoms with Crippen LogP contribution >= 0.6 is 0 Å². The monoisotopic (exact) mass is 272 g/mol. The Morgan fingerprint density at radius 3 is 2.79 bits per heavy atom. The van der Waals surface area contributed by atoms with Crippen molar-refractivity contribution in [2.45, 2.75) is 31.4 Å². The lowest BCUT2D eigenvalue weighted by Gasteiger charge is -2.24. The van der Waals surface area contributed by atoms with Crippen molar-refractivity contribution >= 4 is 11.6 Å². The molecule has 1 aromatic carbocycles. The zero-order chi connectivity index (χ0) is 14.3. The highest BCUT2D eigenvalue weighted by molar-refractivity contribution is 5.89. The molecule has 0 heterocycles. The quantitative estimate of drug-likeness (QED) is 0.810. The number of alkyl halides is 3. The Bertz CT molecular complexity index is 513. The zero-order valence-electron chi connectivity index (χ0n) is 10.5. The normalized spacial score (nSPS) is 22.1. The summed E-state index contributed by atoms with van der Waals surface area (Å²) in [6, 6.07) is 5.17. The van der Waals surface area contributed by atoms with Gasteiger partial charge in [0.15, 0.2) is 0 Å². The number of nitrogen functional groups attached to an aromatic ring is 1. The van der Waals surface area contributed by atoms with Gasteiger partial charge in [0.05, 0.1) is 5.41 Å². The van der Waals surface area contributed by atoms with E-state index in [1.807, 2.05) is 5.32 Å². The SMILES string of the molecule is CC1(C(=O)NCC(F)(F)F)CCc2cc(N)ccc21. The number of nitrogens with one attached hydrogen (secondary N) is 1. The summed E-state index contributed by atoms with van der Waals surface area (Å²) in [6.07, 6.45) is -3.25. The molecular formula is C13H15F3N2O. The van der Waals surface area contributed by atoms with Gasteiger partial charge in [-0.3, -0.25) is 4.79 Å². The average molecular weight is 272 g/mol. The van der Waals surface area contributed by atoms with E-state index in [2.05, 4.69) is 0 Å². The number of anilines is 1. The number of aryl methyl sites for hydroxylation is 1. The van der Waals surface area contributed by atoms with Crippen LogP contribution in [0.25, 0.3) is 0 Å². The molecule has 0 spiro atoms. The Kier molecular flexibility index (Phi) is 3.20. The molecule has 2 rings (SSSR count). The van der Waals surface area contributed by atoms with Gasteiger partial charge in [0.1, 0.15) is 6.54 Å². The summed E-state index contributed by atoms with van der Waals surface area (Å²) >= 11 is 0. The third-order valence-electron chi connectivity index (χ3n) is 3.57. The highest BCUT2D eigenvalue weighted by Gasteiger charge is 2.42. The maximum Gasteiger partial charge on any atom is 0.405 e. The molecule has 1 amide bonds. The van der Waals surface area contributed by atoms with Crippen molar-refractivity contribution in [3.05, 3.63) is 29.3 Å². The number of carbonyl (C=O) groups is 1. The van der Waals surface area contributed by atoms with E-state index in [0.29, 0.717) is 18.5 Å². The van der Waals surface area contributed by atoms with E-state index in [-0.39, 0.29) is 0 Å². The molecule has 0 saturated heterocycles. The van der Waals surface area contributed by atoms with Crippen molar-refractivity contribution in [1.29, 1.82) is 0 Å². The van der Waals surface area contributed by atoms with Gasteiger partial charge in [-0.05, 0) is 43.0 Å². The largest absolute Gasteiger partial charge is 0.405 e. The molecule has 0 radical (unpaired) electrons. The fourth-order valence-corrected chi connectivity index (χ4v) is 2.49. The van der Waals surface area contributed by atoms with Gasteiger partial charge in [0, 0.05) is 5.69 Å². The number of hydrogen-bond donors (Lipinski definition) is 2. The molecule has 104 valence electrons. The lowest BCUT2D eigenvalue weighted by molar-refractivity contribution is -0.141. The first-order chi connectivity index (χ1) is 8.72. The molecular weight excluding hydrogens is 257 g/mol. The number of nitrogens with two attached hydrogens (primary N) is 1. The van der Waals surface area contributed by atoms with E-state index in [4.69, 9.17) is 5.73 Å². The highest BCUT2D eigenvalue weighted by Crippen LogP contribution is 2.39. The van der Waals surface area contributed by atoms with Crippen LogP contribution in [0.4, 0.5) is 18.9 Å². The van der Waals surface area contributed by atoms with Crippen molar-refractivity contribution in [1.82, 2.24) is 5.32 Å². The molecule has 1 atom stereocenters. The van der Waals surface area contributed by atoms with E-state index in [9.17, 15) is 18.0 Å². The minimum Gasteiger partial charge on any atom is -0.399 e. The van der Waals surface area contributed by atoms with Crippen LogP contribution in [0.15, 0.2) is 18.2 Å². The summed E-state index contributed by atoms with van der Waals surface area (Å²) < 4.78 is 36.4. The van der Waals surface area contributed by atoms with Crippen molar-refractivity contribution in [3.63, 3.8) is 0 Å². The molecule has 3 N–H and O–H groups in total. The molecule has 19 heavy (non-hydrogen) atoms. The van der Waals surface area contributed by atoms with Gasteiger partial charge in [-0.25, -0.2) is 0 Å². The molecule has 0 aromatic heterocycles. The van der Waals surface area contributed by atoms with Crippen molar-refractivity contribution in [2.24, 2.45) is 0 Å². The smallest absolute Gasteiger partial charge is 0.399 e. The molecule has 3 nitrogen and oxygen atoms in total. The van der Waals surface area contributed by atoms with E-state index in [0.717, 1.165) is 11.1 Å². The zero-order valence-corrected chi connectivity index (χ0v) is 10.5. The minimum atomic E-state index is -4.39. The Balaban J connectivity index is 2.20. The standard InChI is InChI=1S/C13H15F3N2O/c1-12(11(19)18-7-13(14,15)16)5-4-8-6-9(17)2-3-10(8)12/h2-3,6H,4-5,7,17H2,1H3,(H,18,19). The fourth-order valence-electron chi connectivity index (χ4n) is 2.49. The van der Waals surface area contributed by atoms with E-state index in [1.165, 1.54) is 0 Å². The van der Waals surface area contributed by atoms with Crippen LogP contribution in [-0.2, 0) is 16.6 Å². The second kappa shape index (κ2) is 4.43. The van der Waals surface area contributed by atoms with Crippen molar-refractivity contribution < 1.29 is 18.0 Å². The molecule has 1 aromatic rings. The Labute approximate surface area is 109 Å². The highest BCUT2D eigenvalue weighted by atomic mass is 19.4. The minimum absolute atomic E-state index is 0.496. The topological polar surface area (TPSA) is 55.1 Å². The van der Waals surface area contributed by atoms with E-state index in [1.54, 1.807) is 25.1 Å². The molecule has 0 saturated carbocycles. The summed E-state index contributed by atoms with van der Waals surface area (Å²) in [5, 5.41) is 1.97. The number of rotatable bonds is 2. The summed E-state index contributed by atoms with van der Waals surface area (Å²) in [5.41, 5.74) is 7.05. The van der Waals surface area contributed by atoms with Crippen LogP contribution < -0.4 is 11.1 Å². The fraction of sp³-hybridized carbons (Fsp3) is 0.462. The third-order valence-corrected chi connectivity index (χ3v) is 3.57. The van der Waals surface area contributed by atoms with Crippen LogP contribution in [0.3, 0.4) is 0 Å². The number of hydrogen-bond acceptors (Lipinski definition) is 2. The summed E-state index contributed by atoms with van der Waals surface area (Å²) in [4.78, 5) is 12.0. The number of carbonyl (C=O) groups excluding carboxylic acids is 1. The summed E-state index contributed by atoms with van der Waals surface area (Å²) in [7, 11) is 0. The predicted molar refractivity (Wildman–Crippen MR) is 65.6 cm³/mol. The number of halogens is 3. The Morgan fingerprint density at radius 2 is 2.16 bits per heavy atom. The van der Waals surface area contributed by atoms with Crippen LogP contribution in [-0.4, -0.2) is 18.6 Å². The molecule has 6 heteroatoms. The van der Waals surface area contributed by atoms with Gasteiger partial charge in [-0.1, -0.05) is 6.07 Å². The third kappa shape index (κ3) is 2.67. The van der Waals surface area contributed by atoms with Crippen LogP contribution in [0.5, 0.6) is 0 Å². The van der Waals surface area contributed by atoms with Crippen LogP contribution in [0.1, 0.15) is 24.5 Å². The number of fused-ring (bicyclic) bond motifs is 1. The van der Waals surface area contributed by atoms with Crippen LogP contribution in [0.2, 0.25) is 0 Å². The second-order valence-corrected chi connectivity index (χ2v) is 5.05. The van der Waals surface area contributed by atoms with Gasteiger partial charge < -0.3 is 11.1 Å². The lowest BCUT2D eigenvalue weighted by atomic mass is 9.83. The number of amides is 1. The van der Waals surface area contributed by atoms with E-state index >= 15 is 0 Å². The van der Waals surface area contributed by atoms with Gasteiger partial charge in [0.2, 0.25) is 5.91 Å². The second-order valence-electron chi connectivity index (χ2n) is 5.05. The van der Waals surface area contributed by atoms with Gasteiger partial charge >= 0.3 is 6.18 Å². The molecule has 0 aliphatic heterocycles. The van der Waals surface area contributed by atoms with Crippen molar-refractivity contribution in [3.8, 4) is 0 Å². The first-order valence-electron chi connectivity index (χ1n) is 5.96. The van der Waals surface area contributed by atoms with E-state index < -0.39 is 24.0 Å². The maximum atomic E-state index is 12.1. The Hall–Kier alpha value is -1.72.